The second-order valence-corrected chi connectivity index (χ2v) is 2.27. The summed E-state index contributed by atoms with van der Waals surface area (Å²) >= 11 is 0. The number of hydrogen-bond acceptors (Lipinski definition) is 3. The van der Waals surface area contributed by atoms with Gasteiger partial charge >= 0.3 is 0 Å². The molecule has 1 aliphatic heterocycles. The van der Waals surface area contributed by atoms with Gasteiger partial charge in [-0.1, -0.05) is 5.16 Å². The molecule has 0 atom stereocenters. The van der Waals surface area contributed by atoms with Crippen molar-refractivity contribution >= 4 is 0 Å². The fourth-order valence-electron chi connectivity index (χ4n) is 1.11. The molecule has 3 nitrogen and oxygen atoms in total. The topological polar surface area (TPSA) is 38.1 Å². The molecule has 0 bridgehead atoms. The maximum Gasteiger partial charge on any atom is 0.138 e. The number of nitrogens with zero attached hydrogens (tertiary/aromatic N) is 1. The molecule has 1 aliphatic rings. The van der Waals surface area contributed by atoms with Crippen molar-refractivity contribution in [3.05, 3.63) is 17.0 Å². The average molecular weight is 124 g/mol. The van der Waals surface area contributed by atoms with Gasteiger partial charge in [-0.05, 0) is 6.92 Å². The van der Waals surface area contributed by atoms with E-state index in [1.165, 1.54) is 5.56 Å². The van der Waals surface area contributed by atoms with Crippen molar-refractivity contribution in [1.82, 2.24) is 10.5 Å². The molecule has 0 unspecified atom stereocenters. The summed E-state index contributed by atoms with van der Waals surface area (Å²) in [4.78, 5) is 0. The van der Waals surface area contributed by atoms with Crippen LogP contribution in [0.2, 0.25) is 0 Å². The number of fused-ring (bicyclic) bond motifs is 1. The lowest BCUT2D eigenvalue weighted by Gasteiger charge is -1.85. The first-order valence-electron chi connectivity index (χ1n) is 3.02. The quantitative estimate of drug-likeness (QED) is 0.550. The van der Waals surface area contributed by atoms with Gasteiger partial charge in [0.15, 0.2) is 0 Å². The second-order valence-electron chi connectivity index (χ2n) is 2.27. The van der Waals surface area contributed by atoms with Crippen molar-refractivity contribution in [1.29, 1.82) is 0 Å². The Morgan fingerprint density at radius 1 is 1.56 bits per heavy atom. The van der Waals surface area contributed by atoms with Gasteiger partial charge in [-0.15, -0.1) is 0 Å². The Labute approximate surface area is 53.0 Å². The van der Waals surface area contributed by atoms with E-state index in [0.29, 0.717) is 0 Å². The molecular formula is C6H8N2O. The molecule has 1 aromatic rings. The first-order valence-corrected chi connectivity index (χ1v) is 3.02. The normalized spacial score (nSPS) is 16.1. The molecule has 3 heteroatoms. The van der Waals surface area contributed by atoms with E-state index in [4.69, 9.17) is 4.52 Å². The number of rotatable bonds is 0. The Kier molecular flexibility index (Phi) is 0.873. The first-order chi connectivity index (χ1) is 4.38. The lowest BCUT2D eigenvalue weighted by molar-refractivity contribution is 0.384. The zero-order valence-corrected chi connectivity index (χ0v) is 5.27. The van der Waals surface area contributed by atoms with Gasteiger partial charge in [-0.2, -0.15) is 0 Å². The fraction of sp³-hybridized carbons (Fsp3) is 0.500. The minimum atomic E-state index is 0.868. The third-order valence-corrected chi connectivity index (χ3v) is 1.66. The number of nitrogens with one attached hydrogen (secondary N) is 1. The maximum absolute atomic E-state index is 4.95. The molecule has 0 saturated heterocycles. The van der Waals surface area contributed by atoms with Crippen LogP contribution in [0, 0.1) is 6.92 Å². The van der Waals surface area contributed by atoms with Gasteiger partial charge in [0.2, 0.25) is 0 Å². The van der Waals surface area contributed by atoms with Crippen LogP contribution in [-0.4, -0.2) is 5.16 Å². The fourth-order valence-corrected chi connectivity index (χ4v) is 1.11. The van der Waals surface area contributed by atoms with Crippen LogP contribution in [-0.2, 0) is 13.1 Å². The molecule has 2 heterocycles. The summed E-state index contributed by atoms with van der Waals surface area (Å²) in [7, 11) is 0. The third kappa shape index (κ3) is 0.580. The van der Waals surface area contributed by atoms with Crippen LogP contribution >= 0.6 is 0 Å². The van der Waals surface area contributed by atoms with Gasteiger partial charge in [-0.3, -0.25) is 0 Å². The molecule has 0 fully saturated rings. The van der Waals surface area contributed by atoms with E-state index in [1.54, 1.807) is 0 Å². The minimum Gasteiger partial charge on any atom is -0.361 e. The van der Waals surface area contributed by atoms with Crippen molar-refractivity contribution < 1.29 is 4.52 Å². The molecule has 1 N–H and O–H groups in total. The van der Waals surface area contributed by atoms with Gasteiger partial charge < -0.3 is 9.84 Å². The van der Waals surface area contributed by atoms with Crippen molar-refractivity contribution in [2.75, 3.05) is 0 Å². The van der Waals surface area contributed by atoms with Crippen molar-refractivity contribution in [3.63, 3.8) is 0 Å². The van der Waals surface area contributed by atoms with Crippen molar-refractivity contribution in [2.45, 2.75) is 20.0 Å². The molecule has 0 spiro atoms. The Bertz CT molecular complexity index is 229. The van der Waals surface area contributed by atoms with Crippen molar-refractivity contribution in [2.24, 2.45) is 0 Å². The molecule has 0 saturated carbocycles. The van der Waals surface area contributed by atoms with Gasteiger partial charge in [0, 0.05) is 18.7 Å². The molecule has 0 amide bonds. The van der Waals surface area contributed by atoms with Gasteiger partial charge in [0.25, 0.3) is 0 Å². The van der Waals surface area contributed by atoms with E-state index >= 15 is 0 Å². The SMILES string of the molecule is Cc1onc2c1CNC2. The minimum absolute atomic E-state index is 0.868. The highest BCUT2D eigenvalue weighted by molar-refractivity contribution is 5.24. The molecule has 1 aromatic heterocycles. The Morgan fingerprint density at radius 3 is 3.22 bits per heavy atom. The Balaban J connectivity index is 2.56. The average Bonchev–Trinajstić information content (AvgIpc) is 2.35. The Morgan fingerprint density at radius 2 is 2.44 bits per heavy atom. The smallest absolute Gasteiger partial charge is 0.138 e. The lowest BCUT2D eigenvalue weighted by atomic mass is 10.2. The van der Waals surface area contributed by atoms with E-state index in [0.717, 1.165) is 24.5 Å². The monoisotopic (exact) mass is 124 g/mol. The summed E-state index contributed by atoms with van der Waals surface area (Å²) in [6.45, 7) is 3.73. The summed E-state index contributed by atoms with van der Waals surface area (Å²) in [5.74, 6) is 0.954. The van der Waals surface area contributed by atoms with E-state index in [2.05, 4.69) is 10.5 Å². The highest BCUT2D eigenvalue weighted by Crippen LogP contribution is 2.16. The molecular weight excluding hydrogens is 116 g/mol. The van der Waals surface area contributed by atoms with Crippen LogP contribution in [0.25, 0.3) is 0 Å². The molecule has 2 rings (SSSR count). The van der Waals surface area contributed by atoms with Crippen LogP contribution in [0.1, 0.15) is 17.0 Å². The lowest BCUT2D eigenvalue weighted by Crippen LogP contribution is -2.01. The summed E-state index contributed by atoms with van der Waals surface area (Å²) in [5.41, 5.74) is 2.32. The summed E-state index contributed by atoms with van der Waals surface area (Å²) in [6.07, 6.45) is 0. The number of hydrogen-bond donors (Lipinski definition) is 1. The van der Waals surface area contributed by atoms with E-state index in [-0.39, 0.29) is 0 Å². The van der Waals surface area contributed by atoms with Crippen LogP contribution in [0.15, 0.2) is 4.52 Å². The molecule has 0 aliphatic carbocycles. The Hall–Kier alpha value is -0.830. The van der Waals surface area contributed by atoms with Gasteiger partial charge in [0.05, 0.1) is 0 Å². The van der Waals surface area contributed by atoms with E-state index in [1.807, 2.05) is 6.92 Å². The summed E-state index contributed by atoms with van der Waals surface area (Å²) in [6, 6.07) is 0. The first kappa shape index (κ1) is 4.99. The predicted molar refractivity (Wildman–Crippen MR) is 31.8 cm³/mol. The van der Waals surface area contributed by atoms with E-state index in [9.17, 15) is 0 Å². The predicted octanol–water partition coefficient (Wildman–Crippen LogP) is 0.586. The number of aromatic nitrogens is 1. The van der Waals surface area contributed by atoms with Crippen LogP contribution in [0.5, 0.6) is 0 Å². The zero-order chi connectivity index (χ0) is 6.27. The zero-order valence-electron chi connectivity index (χ0n) is 5.27. The molecule has 0 aromatic carbocycles. The van der Waals surface area contributed by atoms with Crippen molar-refractivity contribution in [3.8, 4) is 0 Å². The van der Waals surface area contributed by atoms with Crippen LogP contribution < -0.4 is 5.32 Å². The van der Waals surface area contributed by atoms with Gasteiger partial charge in [0.1, 0.15) is 11.5 Å². The summed E-state index contributed by atoms with van der Waals surface area (Å²) in [5, 5.41) is 7.04. The highest BCUT2D eigenvalue weighted by atomic mass is 16.5. The third-order valence-electron chi connectivity index (χ3n) is 1.66. The van der Waals surface area contributed by atoms with Crippen LogP contribution in [0.4, 0.5) is 0 Å². The summed E-state index contributed by atoms with van der Waals surface area (Å²) < 4.78 is 4.95. The van der Waals surface area contributed by atoms with Crippen LogP contribution in [0.3, 0.4) is 0 Å². The maximum atomic E-state index is 4.95. The second kappa shape index (κ2) is 1.57. The van der Waals surface area contributed by atoms with E-state index < -0.39 is 0 Å². The standard InChI is InChI=1S/C6H8N2O/c1-4-5-2-7-3-6(5)8-9-4/h7H,2-3H2,1H3. The number of aryl methyl sites for hydroxylation is 1. The molecule has 9 heavy (non-hydrogen) atoms. The molecule has 0 radical (unpaired) electrons. The largest absolute Gasteiger partial charge is 0.361 e. The highest BCUT2D eigenvalue weighted by Gasteiger charge is 2.16. The van der Waals surface area contributed by atoms with Gasteiger partial charge in [-0.25, -0.2) is 0 Å². The molecule has 48 valence electrons.